The lowest BCUT2D eigenvalue weighted by molar-refractivity contribution is 0.207. The highest BCUT2D eigenvalue weighted by molar-refractivity contribution is 5.75. The second-order valence-electron chi connectivity index (χ2n) is 7.09. The highest BCUT2D eigenvalue weighted by Crippen LogP contribution is 2.23. The zero-order valence-corrected chi connectivity index (χ0v) is 15.5. The van der Waals surface area contributed by atoms with Gasteiger partial charge in [-0.3, -0.25) is 4.68 Å². The molecule has 7 nitrogen and oxygen atoms in total. The molecular weight excluding hydrogens is 347 g/mol. The van der Waals surface area contributed by atoms with Crippen molar-refractivity contribution in [1.29, 1.82) is 0 Å². The average Bonchev–Trinajstić information content (AvgIpc) is 3.32. The summed E-state index contributed by atoms with van der Waals surface area (Å²) in [6.45, 7) is 5.88. The van der Waals surface area contributed by atoms with E-state index in [9.17, 15) is 9.18 Å². The van der Waals surface area contributed by atoms with Crippen molar-refractivity contribution in [3.63, 3.8) is 0 Å². The van der Waals surface area contributed by atoms with E-state index in [-0.39, 0.29) is 17.9 Å². The van der Waals surface area contributed by atoms with Gasteiger partial charge in [0.05, 0.1) is 22.8 Å². The summed E-state index contributed by atoms with van der Waals surface area (Å²) < 4.78 is 15.3. The van der Waals surface area contributed by atoms with Gasteiger partial charge in [-0.15, -0.1) is 0 Å². The van der Waals surface area contributed by atoms with E-state index >= 15 is 0 Å². The Bertz CT molecular complexity index is 978. The van der Waals surface area contributed by atoms with Gasteiger partial charge >= 0.3 is 6.03 Å². The molecule has 0 unspecified atom stereocenters. The summed E-state index contributed by atoms with van der Waals surface area (Å²) in [6, 6.07) is 6.68. The molecule has 1 saturated heterocycles. The van der Waals surface area contributed by atoms with Gasteiger partial charge in [0.15, 0.2) is 0 Å². The highest BCUT2D eigenvalue weighted by Gasteiger charge is 2.28. The van der Waals surface area contributed by atoms with Crippen LogP contribution in [0.1, 0.15) is 29.7 Å². The van der Waals surface area contributed by atoms with Gasteiger partial charge < -0.3 is 15.2 Å². The van der Waals surface area contributed by atoms with Crippen molar-refractivity contribution in [2.24, 2.45) is 0 Å². The third-order valence-corrected chi connectivity index (χ3v) is 4.97. The second-order valence-corrected chi connectivity index (χ2v) is 7.09. The summed E-state index contributed by atoms with van der Waals surface area (Å²) in [6.07, 6.45) is 1.47. The Morgan fingerprint density at radius 3 is 3.00 bits per heavy atom. The molecule has 2 aromatic heterocycles. The number of aromatic nitrogens is 4. The van der Waals surface area contributed by atoms with E-state index in [1.54, 1.807) is 6.07 Å². The zero-order valence-electron chi connectivity index (χ0n) is 15.5. The van der Waals surface area contributed by atoms with E-state index in [1.165, 1.54) is 12.1 Å². The van der Waals surface area contributed by atoms with Crippen LogP contribution in [0.15, 0.2) is 24.3 Å². The molecule has 4 rings (SSSR count). The summed E-state index contributed by atoms with van der Waals surface area (Å²) in [5, 5.41) is 7.48. The quantitative estimate of drug-likeness (QED) is 0.741. The summed E-state index contributed by atoms with van der Waals surface area (Å²) in [7, 11) is 0. The molecule has 8 heteroatoms. The van der Waals surface area contributed by atoms with E-state index in [1.807, 2.05) is 23.4 Å². The molecule has 0 aliphatic carbocycles. The molecule has 0 bridgehead atoms. The van der Waals surface area contributed by atoms with Crippen LogP contribution in [0.3, 0.4) is 0 Å². The molecule has 1 aromatic carbocycles. The van der Waals surface area contributed by atoms with Crippen molar-refractivity contribution in [3.05, 3.63) is 47.3 Å². The number of rotatable bonds is 4. The highest BCUT2D eigenvalue weighted by atomic mass is 19.1. The van der Waals surface area contributed by atoms with E-state index in [0.29, 0.717) is 25.0 Å². The number of H-pyrrole nitrogens is 1. The van der Waals surface area contributed by atoms with Crippen molar-refractivity contribution in [3.8, 4) is 0 Å². The first kappa shape index (κ1) is 17.5. The fraction of sp³-hybridized carbons (Fsp3) is 0.421. The van der Waals surface area contributed by atoms with Gasteiger partial charge in [-0.05, 0) is 44.5 Å². The third kappa shape index (κ3) is 3.65. The SMILES string of the molecule is Cc1cc(C)n([C@H]2CCN(C(=O)NCCc3nc4ccc(F)cc4[nH]3)C2)n1. The Hall–Kier alpha value is -2.90. The summed E-state index contributed by atoms with van der Waals surface area (Å²) in [5.74, 6) is 0.440. The van der Waals surface area contributed by atoms with Crippen LogP contribution in [0, 0.1) is 19.7 Å². The predicted molar refractivity (Wildman–Crippen MR) is 100 cm³/mol. The average molecular weight is 370 g/mol. The lowest BCUT2D eigenvalue weighted by Crippen LogP contribution is -2.39. The first-order chi connectivity index (χ1) is 13.0. The smallest absolute Gasteiger partial charge is 0.317 e. The number of carbonyl (C=O) groups excluding carboxylic acids is 1. The Labute approximate surface area is 156 Å². The van der Waals surface area contributed by atoms with Crippen LogP contribution in [0.2, 0.25) is 0 Å². The van der Waals surface area contributed by atoms with Crippen LogP contribution >= 0.6 is 0 Å². The molecule has 1 fully saturated rings. The molecule has 0 spiro atoms. The van der Waals surface area contributed by atoms with Crippen LogP contribution in [0.4, 0.5) is 9.18 Å². The van der Waals surface area contributed by atoms with Crippen molar-refractivity contribution in [2.45, 2.75) is 32.7 Å². The minimum absolute atomic E-state index is 0.0683. The normalized spacial score (nSPS) is 17.0. The van der Waals surface area contributed by atoms with E-state index in [2.05, 4.69) is 26.4 Å². The number of nitrogens with one attached hydrogen (secondary N) is 2. The Morgan fingerprint density at radius 1 is 1.37 bits per heavy atom. The van der Waals surface area contributed by atoms with Crippen LogP contribution in [-0.4, -0.2) is 50.3 Å². The number of aromatic amines is 1. The molecule has 2 amide bonds. The standard InChI is InChI=1S/C19H23FN6O/c1-12-9-13(2)26(24-12)15-6-8-25(11-15)19(27)21-7-5-18-22-16-4-3-14(20)10-17(16)23-18/h3-4,9-10,15H,5-8,11H2,1-2H3,(H,21,27)(H,22,23)/t15-/m0/s1. The van der Waals surface area contributed by atoms with Gasteiger partial charge in [-0.2, -0.15) is 5.10 Å². The number of amides is 2. The molecule has 1 aliphatic rings. The van der Waals surface area contributed by atoms with Gasteiger partial charge in [0.1, 0.15) is 11.6 Å². The molecule has 2 N–H and O–H groups in total. The summed E-state index contributed by atoms with van der Waals surface area (Å²) in [4.78, 5) is 21.8. The lowest BCUT2D eigenvalue weighted by Gasteiger charge is -2.18. The predicted octanol–water partition coefficient (Wildman–Crippen LogP) is 2.71. The zero-order chi connectivity index (χ0) is 19.0. The Morgan fingerprint density at radius 2 is 2.22 bits per heavy atom. The molecule has 142 valence electrons. The number of likely N-dealkylation sites (tertiary alicyclic amines) is 1. The molecule has 1 aliphatic heterocycles. The molecule has 3 heterocycles. The summed E-state index contributed by atoms with van der Waals surface area (Å²) in [5.41, 5.74) is 3.52. The number of urea groups is 1. The fourth-order valence-corrected chi connectivity index (χ4v) is 3.69. The van der Waals surface area contributed by atoms with Crippen LogP contribution in [0.25, 0.3) is 11.0 Å². The Balaban J connectivity index is 1.30. The third-order valence-electron chi connectivity index (χ3n) is 4.97. The largest absolute Gasteiger partial charge is 0.342 e. The van der Waals surface area contributed by atoms with Crippen LogP contribution < -0.4 is 5.32 Å². The van der Waals surface area contributed by atoms with Crippen molar-refractivity contribution >= 4 is 17.1 Å². The maximum Gasteiger partial charge on any atom is 0.317 e. The minimum atomic E-state index is -0.294. The fourth-order valence-electron chi connectivity index (χ4n) is 3.69. The van der Waals surface area contributed by atoms with Crippen molar-refractivity contribution in [1.82, 2.24) is 30.0 Å². The maximum atomic E-state index is 13.2. The number of carbonyl (C=O) groups is 1. The van der Waals surface area contributed by atoms with Crippen LogP contribution in [0.5, 0.6) is 0 Å². The number of nitrogens with zero attached hydrogens (tertiary/aromatic N) is 4. The lowest BCUT2D eigenvalue weighted by atomic mass is 10.2. The topological polar surface area (TPSA) is 78.8 Å². The monoisotopic (exact) mass is 370 g/mol. The van der Waals surface area contributed by atoms with Gasteiger partial charge in [0.25, 0.3) is 0 Å². The number of fused-ring (bicyclic) bond motifs is 1. The Kier molecular flexibility index (Phi) is 4.55. The van der Waals surface area contributed by atoms with Gasteiger partial charge in [-0.25, -0.2) is 14.2 Å². The number of halogens is 1. The number of imidazole rings is 1. The molecule has 27 heavy (non-hydrogen) atoms. The maximum absolute atomic E-state index is 13.2. The van der Waals surface area contributed by atoms with Gasteiger partial charge in [-0.1, -0.05) is 0 Å². The number of hydrogen-bond donors (Lipinski definition) is 2. The molecular formula is C19H23FN6O. The van der Waals surface area contributed by atoms with Gasteiger partial charge in [0.2, 0.25) is 0 Å². The second kappa shape index (κ2) is 7.02. The molecule has 0 radical (unpaired) electrons. The minimum Gasteiger partial charge on any atom is -0.342 e. The number of hydrogen-bond acceptors (Lipinski definition) is 3. The number of benzene rings is 1. The van der Waals surface area contributed by atoms with Crippen molar-refractivity contribution < 1.29 is 9.18 Å². The molecule has 0 saturated carbocycles. The number of aryl methyl sites for hydroxylation is 2. The van der Waals surface area contributed by atoms with E-state index < -0.39 is 0 Å². The van der Waals surface area contributed by atoms with E-state index in [0.717, 1.165) is 35.7 Å². The van der Waals surface area contributed by atoms with Crippen LogP contribution in [-0.2, 0) is 6.42 Å². The molecule has 1 atom stereocenters. The van der Waals surface area contributed by atoms with Crippen molar-refractivity contribution in [2.75, 3.05) is 19.6 Å². The van der Waals surface area contributed by atoms with Gasteiger partial charge in [0, 0.05) is 31.7 Å². The first-order valence-electron chi connectivity index (χ1n) is 9.19. The molecule has 3 aromatic rings. The summed E-state index contributed by atoms with van der Waals surface area (Å²) >= 11 is 0. The van der Waals surface area contributed by atoms with E-state index in [4.69, 9.17) is 0 Å². The first-order valence-corrected chi connectivity index (χ1v) is 9.19.